The van der Waals surface area contributed by atoms with Gasteiger partial charge in [0.2, 0.25) is 0 Å². The molecule has 5 heteroatoms. The topological polar surface area (TPSA) is 26.3 Å². The average Bonchev–Trinajstić information content (AvgIpc) is 2.81. The Bertz CT molecular complexity index is 1010. The molecular weight excluding hydrogens is 512 g/mol. The van der Waals surface area contributed by atoms with Crippen LogP contribution in [0.1, 0.15) is 38.8 Å². The number of hydrogen-bond acceptors (Lipinski definition) is 2. The molecule has 2 nitrogen and oxygen atoms in total. The molecule has 0 spiro atoms. The SMILES string of the molecule is C=C(/C(=C/c1ccc(Br)cc1)C(=O)OCC)/C(=C\c1cccc(Cl)c1)C[Si](CC)(CC)CC. The van der Waals surface area contributed by atoms with Gasteiger partial charge < -0.3 is 4.74 Å². The Balaban J connectivity index is 2.62. The largest absolute Gasteiger partial charge is 0.462 e. The monoisotopic (exact) mass is 544 g/mol. The molecule has 0 N–H and O–H groups in total. The second-order valence-corrected chi connectivity index (χ2v) is 15.1. The van der Waals surface area contributed by atoms with Crippen molar-refractivity contribution in [2.45, 2.75) is 51.9 Å². The predicted molar refractivity (Wildman–Crippen MR) is 149 cm³/mol. The number of ether oxygens (including phenoxy) is 1. The minimum atomic E-state index is -1.56. The minimum Gasteiger partial charge on any atom is -0.462 e. The molecular formula is C28H34BrClO2Si. The molecule has 0 fully saturated rings. The van der Waals surface area contributed by atoms with Gasteiger partial charge in [0.1, 0.15) is 0 Å². The Kier molecular flexibility index (Phi) is 10.9. The standard InChI is InChI=1S/C28H34BrClO2Si/c1-6-32-28(31)27(19-22-13-15-25(29)16-14-22)21(5)24(20-33(7-2,8-3)9-4)17-23-11-10-12-26(30)18-23/h10-19H,5-9,20H2,1-4H3/b24-17-,27-19-. The maximum absolute atomic E-state index is 13.0. The van der Waals surface area contributed by atoms with Crippen molar-refractivity contribution in [3.63, 3.8) is 0 Å². The van der Waals surface area contributed by atoms with Crippen LogP contribution < -0.4 is 0 Å². The highest BCUT2D eigenvalue weighted by atomic mass is 79.9. The summed E-state index contributed by atoms with van der Waals surface area (Å²) in [6.45, 7) is 13.4. The summed E-state index contributed by atoms with van der Waals surface area (Å²) < 4.78 is 6.42. The summed E-state index contributed by atoms with van der Waals surface area (Å²) in [5, 5.41) is 0.690. The summed E-state index contributed by atoms with van der Waals surface area (Å²) in [7, 11) is -1.56. The molecule has 2 aromatic carbocycles. The van der Waals surface area contributed by atoms with Crippen LogP contribution in [0.3, 0.4) is 0 Å². The molecule has 0 aliphatic carbocycles. The molecule has 0 amide bonds. The summed E-state index contributed by atoms with van der Waals surface area (Å²) in [5.74, 6) is -0.348. The molecule has 0 aliphatic heterocycles. The smallest absolute Gasteiger partial charge is 0.338 e. The fourth-order valence-corrected chi connectivity index (χ4v) is 7.78. The lowest BCUT2D eigenvalue weighted by molar-refractivity contribution is -0.138. The van der Waals surface area contributed by atoms with Gasteiger partial charge in [0, 0.05) is 9.50 Å². The van der Waals surface area contributed by atoms with Crippen molar-refractivity contribution in [3.05, 3.63) is 92.5 Å². The first-order valence-electron chi connectivity index (χ1n) is 11.6. The van der Waals surface area contributed by atoms with Gasteiger partial charge in [-0.25, -0.2) is 4.79 Å². The lowest BCUT2D eigenvalue weighted by Crippen LogP contribution is -2.32. The zero-order valence-electron chi connectivity index (χ0n) is 20.1. The molecule has 0 heterocycles. The third kappa shape index (κ3) is 7.84. The van der Waals surface area contributed by atoms with E-state index >= 15 is 0 Å². The van der Waals surface area contributed by atoms with Crippen LogP contribution >= 0.6 is 27.5 Å². The van der Waals surface area contributed by atoms with Gasteiger partial charge in [-0.3, -0.25) is 0 Å². The van der Waals surface area contributed by atoms with Crippen LogP contribution in [0.25, 0.3) is 12.2 Å². The summed E-state index contributed by atoms with van der Waals surface area (Å²) >= 11 is 9.74. The van der Waals surface area contributed by atoms with Crippen molar-refractivity contribution < 1.29 is 9.53 Å². The molecule has 2 aromatic rings. The summed E-state index contributed by atoms with van der Waals surface area (Å²) in [5.41, 5.74) is 4.25. The molecule has 0 aliphatic rings. The third-order valence-corrected chi connectivity index (χ3v) is 12.8. The van der Waals surface area contributed by atoms with Crippen LogP contribution in [-0.2, 0) is 9.53 Å². The lowest BCUT2D eigenvalue weighted by atomic mass is 9.96. The highest BCUT2D eigenvalue weighted by Crippen LogP contribution is 2.35. The van der Waals surface area contributed by atoms with E-state index in [4.69, 9.17) is 16.3 Å². The van der Waals surface area contributed by atoms with Crippen molar-refractivity contribution >= 4 is 53.7 Å². The second kappa shape index (κ2) is 13.1. The van der Waals surface area contributed by atoms with E-state index < -0.39 is 8.07 Å². The van der Waals surface area contributed by atoms with Crippen LogP contribution in [-0.4, -0.2) is 20.7 Å². The molecule has 33 heavy (non-hydrogen) atoms. The van der Waals surface area contributed by atoms with Gasteiger partial charge in [0.15, 0.2) is 0 Å². The molecule has 0 atom stereocenters. The third-order valence-electron chi connectivity index (χ3n) is 6.39. The van der Waals surface area contributed by atoms with Gasteiger partial charge in [-0.1, -0.05) is 103 Å². The van der Waals surface area contributed by atoms with E-state index in [2.05, 4.69) is 49.4 Å². The summed E-state index contributed by atoms with van der Waals surface area (Å²) in [6, 6.07) is 20.2. The van der Waals surface area contributed by atoms with Gasteiger partial charge in [-0.15, -0.1) is 0 Å². The number of esters is 1. The van der Waals surface area contributed by atoms with Crippen LogP contribution in [0, 0.1) is 0 Å². The molecule has 0 saturated heterocycles. The van der Waals surface area contributed by atoms with E-state index in [9.17, 15) is 4.79 Å². The van der Waals surface area contributed by atoms with Gasteiger partial charge in [-0.05, 0) is 65.6 Å². The van der Waals surface area contributed by atoms with E-state index in [0.717, 1.165) is 32.8 Å². The van der Waals surface area contributed by atoms with E-state index in [-0.39, 0.29) is 5.97 Å². The molecule has 176 valence electrons. The van der Waals surface area contributed by atoms with Crippen molar-refractivity contribution in [3.8, 4) is 0 Å². The van der Waals surface area contributed by atoms with Crippen molar-refractivity contribution in [2.75, 3.05) is 6.61 Å². The number of hydrogen-bond donors (Lipinski definition) is 0. The van der Waals surface area contributed by atoms with E-state index in [1.54, 1.807) is 0 Å². The van der Waals surface area contributed by atoms with E-state index in [0.29, 0.717) is 17.2 Å². The van der Waals surface area contributed by atoms with E-state index in [1.165, 1.54) is 18.1 Å². The highest BCUT2D eigenvalue weighted by Gasteiger charge is 2.30. The number of carbonyl (C=O) groups is 1. The van der Waals surface area contributed by atoms with Gasteiger partial charge in [0.25, 0.3) is 0 Å². The Morgan fingerprint density at radius 2 is 1.64 bits per heavy atom. The normalized spacial score (nSPS) is 12.5. The fraction of sp³-hybridized carbons (Fsp3) is 0.321. The highest BCUT2D eigenvalue weighted by molar-refractivity contribution is 9.10. The van der Waals surface area contributed by atoms with Gasteiger partial charge in [-0.2, -0.15) is 0 Å². The minimum absolute atomic E-state index is 0.314. The Morgan fingerprint density at radius 3 is 2.18 bits per heavy atom. The number of halogens is 2. The van der Waals surface area contributed by atoms with Crippen LogP contribution in [0.5, 0.6) is 0 Å². The Hall–Kier alpha value is -1.88. The number of rotatable bonds is 11. The second-order valence-electron chi connectivity index (χ2n) is 8.27. The quantitative estimate of drug-likeness (QED) is 0.122. The maximum Gasteiger partial charge on any atom is 0.338 e. The van der Waals surface area contributed by atoms with Crippen LogP contribution in [0.4, 0.5) is 0 Å². The van der Waals surface area contributed by atoms with Gasteiger partial charge >= 0.3 is 5.97 Å². The Morgan fingerprint density at radius 1 is 1.00 bits per heavy atom. The van der Waals surface area contributed by atoms with Crippen molar-refractivity contribution in [2.24, 2.45) is 0 Å². The first kappa shape index (κ1) is 27.4. The molecule has 0 aromatic heterocycles. The molecule has 0 unspecified atom stereocenters. The Labute approximate surface area is 213 Å². The van der Waals surface area contributed by atoms with Crippen molar-refractivity contribution in [1.82, 2.24) is 0 Å². The zero-order valence-corrected chi connectivity index (χ0v) is 23.4. The lowest BCUT2D eigenvalue weighted by Gasteiger charge is -2.30. The van der Waals surface area contributed by atoms with E-state index in [1.807, 2.05) is 61.5 Å². The fourth-order valence-electron chi connectivity index (χ4n) is 3.95. The zero-order chi connectivity index (χ0) is 24.4. The maximum atomic E-state index is 13.0. The molecule has 0 radical (unpaired) electrons. The summed E-state index contributed by atoms with van der Waals surface area (Å²) in [4.78, 5) is 13.0. The molecule has 2 rings (SSSR count). The first-order chi connectivity index (χ1) is 15.8. The van der Waals surface area contributed by atoms with Crippen LogP contribution in [0.15, 0.2) is 76.3 Å². The van der Waals surface area contributed by atoms with Crippen LogP contribution in [0.2, 0.25) is 29.2 Å². The van der Waals surface area contributed by atoms with Crippen molar-refractivity contribution in [1.29, 1.82) is 0 Å². The molecule has 0 bridgehead atoms. The number of carbonyl (C=O) groups excluding carboxylic acids is 1. The molecule has 0 saturated carbocycles. The average molecular weight is 546 g/mol. The number of benzene rings is 2. The number of allylic oxidation sites excluding steroid dienone is 1. The predicted octanol–water partition coefficient (Wildman–Crippen LogP) is 9.20. The first-order valence-corrected chi connectivity index (χ1v) is 15.6. The van der Waals surface area contributed by atoms with Gasteiger partial charge in [0.05, 0.1) is 20.3 Å². The summed E-state index contributed by atoms with van der Waals surface area (Å²) in [6.07, 6.45) is 4.03.